The molecular formula is C14H12F4OS. The molecule has 0 bridgehead atoms. The van der Waals surface area contributed by atoms with Crippen LogP contribution in [0.2, 0.25) is 0 Å². The number of aliphatic hydroxyl groups is 1. The highest BCUT2D eigenvalue weighted by Crippen LogP contribution is 2.35. The molecule has 1 nitrogen and oxygen atoms in total. The molecule has 0 spiro atoms. The van der Waals surface area contributed by atoms with Crippen molar-refractivity contribution >= 4 is 11.3 Å². The Morgan fingerprint density at radius 2 is 1.80 bits per heavy atom. The smallest absolute Gasteiger partial charge is 0.383 e. The van der Waals surface area contributed by atoms with Crippen molar-refractivity contribution in [2.24, 2.45) is 0 Å². The second-order valence-corrected chi connectivity index (χ2v) is 5.82. The second kappa shape index (κ2) is 5.18. The molecule has 2 aromatic rings. The van der Waals surface area contributed by atoms with Gasteiger partial charge >= 0.3 is 6.18 Å². The summed E-state index contributed by atoms with van der Waals surface area (Å²) in [6.45, 7) is 3.75. The van der Waals surface area contributed by atoms with Crippen molar-refractivity contribution in [3.8, 4) is 0 Å². The molecule has 1 heterocycles. The van der Waals surface area contributed by atoms with Crippen LogP contribution in [0.15, 0.2) is 24.3 Å². The first kappa shape index (κ1) is 15.0. The van der Waals surface area contributed by atoms with E-state index in [1.807, 2.05) is 13.8 Å². The Labute approximate surface area is 117 Å². The number of thiophene rings is 1. The number of aryl methyl sites for hydroxylation is 2. The van der Waals surface area contributed by atoms with Crippen molar-refractivity contribution in [2.45, 2.75) is 26.1 Å². The Kier molecular flexibility index (Phi) is 3.88. The average Bonchev–Trinajstić information content (AvgIpc) is 2.67. The Balaban J connectivity index is 2.36. The molecule has 2 rings (SSSR count). The minimum Gasteiger partial charge on any atom is -0.383 e. The van der Waals surface area contributed by atoms with E-state index in [0.717, 1.165) is 22.6 Å². The lowest BCUT2D eigenvalue weighted by atomic mass is 10.0. The number of halogens is 4. The first-order chi connectivity index (χ1) is 9.20. The zero-order valence-corrected chi connectivity index (χ0v) is 11.6. The van der Waals surface area contributed by atoms with Gasteiger partial charge in [0, 0.05) is 9.75 Å². The molecule has 0 amide bonds. The molecule has 6 heteroatoms. The van der Waals surface area contributed by atoms with Gasteiger partial charge in [0.25, 0.3) is 0 Å². The first-order valence-corrected chi connectivity index (χ1v) is 6.63. The lowest BCUT2D eigenvalue weighted by Gasteiger charge is -2.12. The molecule has 1 atom stereocenters. The monoisotopic (exact) mass is 304 g/mol. The van der Waals surface area contributed by atoms with Crippen molar-refractivity contribution < 1.29 is 22.7 Å². The molecule has 0 aliphatic rings. The number of hydrogen-bond donors (Lipinski definition) is 1. The Hall–Kier alpha value is -1.40. The summed E-state index contributed by atoms with van der Waals surface area (Å²) in [5.41, 5.74) is -0.236. The molecule has 0 aliphatic carbocycles. The van der Waals surface area contributed by atoms with Crippen LogP contribution in [0.3, 0.4) is 0 Å². The average molecular weight is 304 g/mol. The number of hydrogen-bond acceptors (Lipinski definition) is 2. The van der Waals surface area contributed by atoms with Gasteiger partial charge in [0.05, 0.1) is 5.56 Å². The largest absolute Gasteiger partial charge is 0.419 e. The van der Waals surface area contributed by atoms with E-state index in [0.29, 0.717) is 10.9 Å². The standard InChI is InChI=1S/C14H12F4OS/c1-7-5-12(20-8(7)2)13(19)9-3-4-10(11(15)6-9)14(16,17)18/h3-6,13,19H,1-2H3. The highest BCUT2D eigenvalue weighted by atomic mass is 32.1. The minimum atomic E-state index is -4.73. The van der Waals surface area contributed by atoms with E-state index in [4.69, 9.17) is 0 Å². The van der Waals surface area contributed by atoms with Gasteiger partial charge in [-0.3, -0.25) is 0 Å². The fraction of sp³-hybridized carbons (Fsp3) is 0.286. The van der Waals surface area contributed by atoms with Gasteiger partial charge in [-0.15, -0.1) is 11.3 Å². The molecule has 1 aromatic carbocycles. The zero-order valence-electron chi connectivity index (χ0n) is 10.8. The van der Waals surface area contributed by atoms with E-state index < -0.39 is 23.7 Å². The van der Waals surface area contributed by atoms with E-state index in [1.54, 1.807) is 6.07 Å². The van der Waals surface area contributed by atoms with Crippen molar-refractivity contribution in [1.29, 1.82) is 0 Å². The minimum absolute atomic E-state index is 0.108. The van der Waals surface area contributed by atoms with E-state index in [2.05, 4.69) is 0 Å². The van der Waals surface area contributed by atoms with E-state index in [9.17, 15) is 22.7 Å². The third kappa shape index (κ3) is 2.86. The molecule has 0 radical (unpaired) electrons. The lowest BCUT2D eigenvalue weighted by Crippen LogP contribution is -2.09. The predicted octanol–water partition coefficient (Wildman–Crippen LogP) is 4.60. The summed E-state index contributed by atoms with van der Waals surface area (Å²) in [4.78, 5) is 1.59. The highest BCUT2D eigenvalue weighted by Gasteiger charge is 2.34. The van der Waals surface area contributed by atoms with Crippen LogP contribution in [-0.4, -0.2) is 5.11 Å². The van der Waals surface area contributed by atoms with Gasteiger partial charge in [0.15, 0.2) is 0 Å². The van der Waals surface area contributed by atoms with Crippen LogP contribution in [0.4, 0.5) is 17.6 Å². The van der Waals surface area contributed by atoms with Gasteiger partial charge in [0.2, 0.25) is 0 Å². The fourth-order valence-electron chi connectivity index (χ4n) is 1.83. The molecule has 108 valence electrons. The van der Waals surface area contributed by atoms with Crippen LogP contribution in [0.25, 0.3) is 0 Å². The summed E-state index contributed by atoms with van der Waals surface area (Å²) in [5.74, 6) is -1.38. The fourth-order valence-corrected chi connectivity index (χ4v) is 2.89. The van der Waals surface area contributed by atoms with Gasteiger partial charge in [0.1, 0.15) is 11.9 Å². The van der Waals surface area contributed by atoms with Crippen molar-refractivity contribution in [3.05, 3.63) is 56.5 Å². The Bertz CT molecular complexity index is 611. The second-order valence-electron chi connectivity index (χ2n) is 4.53. The molecular weight excluding hydrogens is 292 g/mol. The van der Waals surface area contributed by atoms with Crippen LogP contribution in [0.5, 0.6) is 0 Å². The van der Waals surface area contributed by atoms with Crippen molar-refractivity contribution in [3.63, 3.8) is 0 Å². The number of rotatable bonds is 2. The van der Waals surface area contributed by atoms with Gasteiger partial charge in [-0.2, -0.15) is 13.2 Å². The van der Waals surface area contributed by atoms with E-state index in [1.165, 1.54) is 11.3 Å². The first-order valence-electron chi connectivity index (χ1n) is 5.82. The molecule has 0 aliphatic heterocycles. The third-order valence-electron chi connectivity index (χ3n) is 3.07. The van der Waals surface area contributed by atoms with E-state index >= 15 is 0 Å². The molecule has 1 unspecified atom stereocenters. The van der Waals surface area contributed by atoms with Crippen LogP contribution >= 0.6 is 11.3 Å². The zero-order chi connectivity index (χ0) is 15.1. The maximum Gasteiger partial charge on any atom is 0.419 e. The number of aliphatic hydroxyl groups excluding tert-OH is 1. The summed E-state index contributed by atoms with van der Waals surface area (Å²) in [5, 5.41) is 10.1. The van der Waals surface area contributed by atoms with Gasteiger partial charge in [-0.1, -0.05) is 6.07 Å². The van der Waals surface area contributed by atoms with Crippen molar-refractivity contribution in [1.82, 2.24) is 0 Å². The van der Waals surface area contributed by atoms with Crippen LogP contribution < -0.4 is 0 Å². The SMILES string of the molecule is Cc1cc(C(O)c2ccc(C(F)(F)F)c(F)c2)sc1C. The lowest BCUT2D eigenvalue weighted by molar-refractivity contribution is -0.140. The van der Waals surface area contributed by atoms with E-state index in [-0.39, 0.29) is 5.56 Å². The molecule has 1 aromatic heterocycles. The summed E-state index contributed by atoms with van der Waals surface area (Å²) in [7, 11) is 0. The maximum absolute atomic E-state index is 13.5. The third-order valence-corrected chi connectivity index (χ3v) is 4.27. The van der Waals surface area contributed by atoms with Gasteiger partial charge < -0.3 is 5.11 Å². The maximum atomic E-state index is 13.5. The summed E-state index contributed by atoms with van der Waals surface area (Å²) in [6, 6.07) is 4.24. The quantitative estimate of drug-likeness (QED) is 0.804. The van der Waals surface area contributed by atoms with Crippen LogP contribution in [-0.2, 0) is 6.18 Å². The van der Waals surface area contributed by atoms with Gasteiger partial charge in [-0.05, 0) is 43.2 Å². The number of benzene rings is 1. The highest BCUT2D eigenvalue weighted by molar-refractivity contribution is 7.12. The molecule has 20 heavy (non-hydrogen) atoms. The topological polar surface area (TPSA) is 20.2 Å². The molecule has 1 N–H and O–H groups in total. The molecule has 0 fully saturated rings. The Morgan fingerprint density at radius 3 is 2.25 bits per heavy atom. The number of alkyl halides is 3. The predicted molar refractivity (Wildman–Crippen MR) is 69.3 cm³/mol. The van der Waals surface area contributed by atoms with Crippen LogP contribution in [0, 0.1) is 19.7 Å². The summed E-state index contributed by atoms with van der Waals surface area (Å²) >= 11 is 1.34. The van der Waals surface area contributed by atoms with Gasteiger partial charge in [-0.25, -0.2) is 4.39 Å². The normalized spacial score (nSPS) is 13.6. The summed E-state index contributed by atoms with van der Waals surface area (Å²) < 4.78 is 50.9. The van der Waals surface area contributed by atoms with Crippen molar-refractivity contribution in [2.75, 3.05) is 0 Å². The Morgan fingerprint density at radius 1 is 1.15 bits per heavy atom. The summed E-state index contributed by atoms with van der Waals surface area (Å²) in [6.07, 6.45) is -5.85. The molecule has 0 saturated carbocycles. The molecule has 0 saturated heterocycles. The van der Waals surface area contributed by atoms with Crippen LogP contribution in [0.1, 0.15) is 32.5 Å².